The van der Waals surface area contributed by atoms with Crippen molar-refractivity contribution in [3.63, 3.8) is 0 Å². The van der Waals surface area contributed by atoms with E-state index in [1.807, 2.05) is 38.1 Å². The third kappa shape index (κ3) is 5.79. The Bertz CT molecular complexity index is 877. The average molecular weight is 413 g/mol. The van der Waals surface area contributed by atoms with Crippen molar-refractivity contribution in [3.05, 3.63) is 59.4 Å². The summed E-state index contributed by atoms with van der Waals surface area (Å²) in [5.74, 6) is -1.48. The summed E-state index contributed by atoms with van der Waals surface area (Å²) in [6.07, 6.45) is 0.777. The topological polar surface area (TPSA) is 64.7 Å². The molecule has 2 aromatic carbocycles. The predicted molar refractivity (Wildman–Crippen MR) is 117 cm³/mol. The lowest BCUT2D eigenvalue weighted by atomic mass is 10.1. The molecule has 0 aliphatic carbocycles. The number of halogens is 1. The third-order valence-electron chi connectivity index (χ3n) is 5.56. The molecule has 2 N–H and O–H groups in total. The van der Waals surface area contributed by atoms with Crippen LogP contribution in [-0.4, -0.2) is 56.0 Å². The van der Waals surface area contributed by atoms with E-state index in [4.69, 9.17) is 0 Å². The summed E-state index contributed by atoms with van der Waals surface area (Å²) in [6, 6.07) is 12.2. The highest BCUT2D eigenvalue weighted by Gasteiger charge is 2.18. The fourth-order valence-corrected chi connectivity index (χ4v) is 3.53. The third-order valence-corrected chi connectivity index (χ3v) is 5.56. The lowest BCUT2D eigenvalue weighted by Crippen LogP contribution is -2.47. The highest BCUT2D eigenvalue weighted by atomic mass is 19.1. The molecular formula is C23H29FN4O2. The van der Waals surface area contributed by atoms with Crippen LogP contribution in [0.15, 0.2) is 42.5 Å². The molecule has 1 saturated heterocycles. The first-order valence-corrected chi connectivity index (χ1v) is 10.3. The van der Waals surface area contributed by atoms with Crippen LogP contribution in [-0.2, 0) is 9.59 Å². The predicted octanol–water partition coefficient (Wildman–Crippen LogP) is 2.71. The molecular weight excluding hydrogens is 383 g/mol. The molecule has 1 heterocycles. The van der Waals surface area contributed by atoms with Crippen LogP contribution in [0.25, 0.3) is 0 Å². The van der Waals surface area contributed by atoms with Crippen LogP contribution in [0.5, 0.6) is 0 Å². The van der Waals surface area contributed by atoms with E-state index in [-0.39, 0.29) is 5.82 Å². The van der Waals surface area contributed by atoms with Crippen LogP contribution >= 0.6 is 0 Å². The molecule has 2 aromatic rings. The number of nitrogens with one attached hydrogen (secondary N) is 2. The first-order chi connectivity index (χ1) is 14.4. The SMILES string of the molecule is Cc1cccc(NC(=O)C(=O)NCCCN2CCN(c3ccc(F)cc3)CC2)c1C. The van der Waals surface area contributed by atoms with E-state index in [1.165, 1.54) is 12.1 Å². The number of rotatable bonds is 6. The lowest BCUT2D eigenvalue weighted by Gasteiger charge is -2.36. The second-order valence-electron chi connectivity index (χ2n) is 7.62. The van der Waals surface area contributed by atoms with E-state index in [9.17, 15) is 14.0 Å². The van der Waals surface area contributed by atoms with Gasteiger partial charge in [0.05, 0.1) is 0 Å². The van der Waals surface area contributed by atoms with Gasteiger partial charge in [-0.3, -0.25) is 14.5 Å². The molecule has 0 spiro atoms. The molecule has 1 fully saturated rings. The summed E-state index contributed by atoms with van der Waals surface area (Å²) in [6.45, 7) is 8.79. The Kier molecular flexibility index (Phi) is 7.41. The van der Waals surface area contributed by atoms with E-state index in [0.717, 1.165) is 56.0 Å². The molecule has 1 aliphatic heterocycles. The van der Waals surface area contributed by atoms with Crippen molar-refractivity contribution in [1.29, 1.82) is 0 Å². The standard InChI is InChI=1S/C23H29FN4O2/c1-17-5-3-6-21(18(17)2)26-23(30)22(29)25-11-4-12-27-13-15-28(16-14-27)20-9-7-19(24)8-10-20/h3,5-10H,4,11-16H2,1-2H3,(H,25,29)(H,26,30). The second-order valence-corrected chi connectivity index (χ2v) is 7.62. The van der Waals surface area contributed by atoms with Gasteiger partial charge in [-0.25, -0.2) is 4.39 Å². The molecule has 160 valence electrons. The van der Waals surface area contributed by atoms with Gasteiger partial charge in [0.2, 0.25) is 0 Å². The molecule has 0 saturated carbocycles. The van der Waals surface area contributed by atoms with Gasteiger partial charge in [0, 0.05) is 44.1 Å². The van der Waals surface area contributed by atoms with Gasteiger partial charge >= 0.3 is 11.8 Å². The minimum absolute atomic E-state index is 0.220. The smallest absolute Gasteiger partial charge is 0.313 e. The fourth-order valence-electron chi connectivity index (χ4n) is 3.53. The van der Waals surface area contributed by atoms with Crippen molar-refractivity contribution in [2.45, 2.75) is 20.3 Å². The second kappa shape index (κ2) is 10.2. The van der Waals surface area contributed by atoms with Gasteiger partial charge in [0.15, 0.2) is 0 Å². The zero-order chi connectivity index (χ0) is 21.5. The minimum Gasteiger partial charge on any atom is -0.369 e. The molecule has 6 nitrogen and oxygen atoms in total. The van der Waals surface area contributed by atoms with Crippen LogP contribution in [0.2, 0.25) is 0 Å². The van der Waals surface area contributed by atoms with E-state index in [0.29, 0.717) is 12.2 Å². The molecule has 0 atom stereocenters. The molecule has 0 unspecified atom stereocenters. The van der Waals surface area contributed by atoms with Crippen LogP contribution in [0.1, 0.15) is 17.5 Å². The van der Waals surface area contributed by atoms with Gasteiger partial charge < -0.3 is 15.5 Å². The first-order valence-electron chi connectivity index (χ1n) is 10.3. The van der Waals surface area contributed by atoms with Crippen LogP contribution in [0.4, 0.5) is 15.8 Å². The number of carbonyl (C=O) groups is 2. The Labute approximate surface area is 177 Å². The van der Waals surface area contributed by atoms with Crippen molar-refractivity contribution >= 4 is 23.2 Å². The number of carbonyl (C=O) groups excluding carboxylic acids is 2. The quantitative estimate of drug-likeness (QED) is 0.566. The Morgan fingerprint density at radius 3 is 2.37 bits per heavy atom. The number of benzene rings is 2. The van der Waals surface area contributed by atoms with Gasteiger partial charge in [0.25, 0.3) is 0 Å². The van der Waals surface area contributed by atoms with Crippen molar-refractivity contribution in [1.82, 2.24) is 10.2 Å². The Morgan fingerprint density at radius 2 is 1.67 bits per heavy atom. The Hall–Kier alpha value is -2.93. The molecule has 1 aliphatic rings. The van der Waals surface area contributed by atoms with Gasteiger partial charge in [-0.2, -0.15) is 0 Å². The maximum absolute atomic E-state index is 13.1. The summed E-state index contributed by atoms with van der Waals surface area (Å²) in [5.41, 5.74) is 3.72. The summed E-state index contributed by atoms with van der Waals surface area (Å²) in [5, 5.41) is 5.37. The number of piperazine rings is 1. The molecule has 30 heavy (non-hydrogen) atoms. The summed E-state index contributed by atoms with van der Waals surface area (Å²) >= 11 is 0. The van der Waals surface area contributed by atoms with Crippen LogP contribution in [0.3, 0.4) is 0 Å². The summed E-state index contributed by atoms with van der Waals surface area (Å²) in [4.78, 5) is 28.7. The Morgan fingerprint density at radius 1 is 0.967 bits per heavy atom. The van der Waals surface area contributed by atoms with Gasteiger partial charge in [0.1, 0.15) is 5.82 Å². The van der Waals surface area contributed by atoms with Crippen LogP contribution < -0.4 is 15.5 Å². The van der Waals surface area contributed by atoms with Gasteiger partial charge in [-0.1, -0.05) is 12.1 Å². The number of hydrogen-bond donors (Lipinski definition) is 2. The van der Waals surface area contributed by atoms with Crippen molar-refractivity contribution in [3.8, 4) is 0 Å². The Balaban J connectivity index is 1.34. The summed E-state index contributed by atoms with van der Waals surface area (Å²) in [7, 11) is 0. The molecule has 2 amide bonds. The monoisotopic (exact) mass is 412 g/mol. The van der Waals surface area contributed by atoms with E-state index in [2.05, 4.69) is 20.4 Å². The molecule has 3 rings (SSSR count). The van der Waals surface area contributed by atoms with Crippen molar-refractivity contribution in [2.75, 3.05) is 49.5 Å². The fraction of sp³-hybridized carbons (Fsp3) is 0.391. The molecule has 0 bridgehead atoms. The van der Waals surface area contributed by atoms with Gasteiger partial charge in [-0.15, -0.1) is 0 Å². The molecule has 0 radical (unpaired) electrons. The van der Waals surface area contributed by atoms with E-state index in [1.54, 1.807) is 6.07 Å². The van der Waals surface area contributed by atoms with Crippen molar-refractivity contribution in [2.24, 2.45) is 0 Å². The first kappa shape index (κ1) is 21.8. The van der Waals surface area contributed by atoms with Crippen molar-refractivity contribution < 1.29 is 14.0 Å². The number of hydrogen-bond acceptors (Lipinski definition) is 4. The van der Waals surface area contributed by atoms with E-state index < -0.39 is 11.8 Å². The maximum atomic E-state index is 13.1. The lowest BCUT2D eigenvalue weighted by molar-refractivity contribution is -0.136. The summed E-state index contributed by atoms with van der Waals surface area (Å²) < 4.78 is 13.1. The minimum atomic E-state index is -0.642. The zero-order valence-electron chi connectivity index (χ0n) is 17.6. The number of amides is 2. The molecule has 0 aromatic heterocycles. The molecule has 7 heteroatoms. The van der Waals surface area contributed by atoms with Crippen LogP contribution in [0, 0.1) is 19.7 Å². The zero-order valence-corrected chi connectivity index (χ0v) is 17.6. The number of nitrogens with zero attached hydrogens (tertiary/aromatic N) is 2. The number of anilines is 2. The number of aryl methyl sites for hydroxylation is 1. The van der Waals surface area contributed by atoms with Gasteiger partial charge in [-0.05, 0) is 68.3 Å². The largest absolute Gasteiger partial charge is 0.369 e. The normalized spacial score (nSPS) is 14.4. The average Bonchev–Trinajstić information content (AvgIpc) is 2.75. The highest BCUT2D eigenvalue weighted by molar-refractivity contribution is 6.39. The maximum Gasteiger partial charge on any atom is 0.313 e. The van der Waals surface area contributed by atoms with E-state index >= 15 is 0 Å². The highest BCUT2D eigenvalue weighted by Crippen LogP contribution is 2.18.